The molecule has 1 aliphatic rings. The summed E-state index contributed by atoms with van der Waals surface area (Å²) in [5.41, 5.74) is 2.74. The summed E-state index contributed by atoms with van der Waals surface area (Å²) in [6, 6.07) is 12.7. The van der Waals surface area contributed by atoms with Gasteiger partial charge in [0.2, 0.25) is 0 Å². The van der Waals surface area contributed by atoms with Gasteiger partial charge in [0.25, 0.3) is 0 Å². The number of rotatable bonds is 6. The van der Waals surface area contributed by atoms with Crippen LogP contribution < -0.4 is 0 Å². The Morgan fingerprint density at radius 1 is 1.21 bits per heavy atom. The summed E-state index contributed by atoms with van der Waals surface area (Å²) in [6.07, 6.45) is 6.49. The molecular weight excluding hydrogens is 296 g/mol. The number of likely N-dealkylation sites (N-methyl/N-ethyl adjacent to an activating group) is 1. The maximum atomic E-state index is 4.33. The van der Waals surface area contributed by atoms with Crippen molar-refractivity contribution in [3.05, 3.63) is 53.9 Å². The quantitative estimate of drug-likeness (QED) is 0.816. The smallest absolute Gasteiger partial charge is 0.0534 e. The summed E-state index contributed by atoms with van der Waals surface area (Å²) < 4.78 is 1.90. The molecular formula is C20H30N4. The fraction of sp³-hybridized carbons (Fsp3) is 0.550. The molecule has 0 N–H and O–H groups in total. The minimum absolute atomic E-state index is 0.556. The van der Waals surface area contributed by atoms with E-state index in [0.29, 0.717) is 18.1 Å². The van der Waals surface area contributed by atoms with Gasteiger partial charge in [-0.2, -0.15) is 5.10 Å². The van der Waals surface area contributed by atoms with Gasteiger partial charge in [-0.05, 0) is 39.3 Å². The average Bonchev–Trinajstić information content (AvgIpc) is 3.15. The molecule has 2 atom stereocenters. The van der Waals surface area contributed by atoms with Crippen LogP contribution in [0.25, 0.3) is 0 Å². The van der Waals surface area contributed by atoms with E-state index in [1.54, 1.807) is 0 Å². The summed E-state index contributed by atoms with van der Waals surface area (Å²) in [5.74, 6) is 0. The van der Waals surface area contributed by atoms with Crippen molar-refractivity contribution in [2.75, 3.05) is 13.6 Å². The van der Waals surface area contributed by atoms with Gasteiger partial charge in [-0.1, -0.05) is 30.3 Å². The third-order valence-corrected chi connectivity index (χ3v) is 5.39. The molecule has 0 bridgehead atoms. The molecule has 1 saturated heterocycles. The van der Waals surface area contributed by atoms with Gasteiger partial charge in [0.15, 0.2) is 0 Å². The average molecular weight is 326 g/mol. The Kier molecular flexibility index (Phi) is 5.36. The van der Waals surface area contributed by atoms with E-state index in [0.717, 1.165) is 19.5 Å². The van der Waals surface area contributed by atoms with Crippen molar-refractivity contribution in [2.24, 2.45) is 7.05 Å². The number of likely N-dealkylation sites (tertiary alicyclic amines) is 1. The van der Waals surface area contributed by atoms with E-state index in [1.165, 1.54) is 17.5 Å². The molecule has 4 heteroatoms. The highest BCUT2D eigenvalue weighted by atomic mass is 15.3. The molecule has 3 rings (SSSR count). The molecule has 4 nitrogen and oxygen atoms in total. The molecule has 24 heavy (non-hydrogen) atoms. The minimum Gasteiger partial charge on any atom is -0.299 e. The van der Waals surface area contributed by atoms with Gasteiger partial charge >= 0.3 is 0 Å². The van der Waals surface area contributed by atoms with Gasteiger partial charge in [0.05, 0.1) is 6.20 Å². The first-order valence-electron chi connectivity index (χ1n) is 9.02. The first-order chi connectivity index (χ1) is 11.5. The van der Waals surface area contributed by atoms with Crippen LogP contribution in [0, 0.1) is 0 Å². The topological polar surface area (TPSA) is 24.3 Å². The zero-order valence-corrected chi connectivity index (χ0v) is 15.4. The first kappa shape index (κ1) is 17.2. The Labute approximate surface area is 146 Å². The molecule has 0 unspecified atom stereocenters. The zero-order chi connectivity index (χ0) is 17.1. The Morgan fingerprint density at radius 2 is 1.96 bits per heavy atom. The molecule has 0 amide bonds. The lowest BCUT2D eigenvalue weighted by Gasteiger charge is -2.35. The minimum atomic E-state index is 0.556. The number of benzene rings is 1. The molecule has 130 valence electrons. The Bertz CT molecular complexity index is 634. The van der Waals surface area contributed by atoms with Crippen molar-refractivity contribution in [3.8, 4) is 0 Å². The van der Waals surface area contributed by atoms with E-state index >= 15 is 0 Å². The largest absolute Gasteiger partial charge is 0.299 e. The fourth-order valence-electron chi connectivity index (χ4n) is 3.86. The summed E-state index contributed by atoms with van der Waals surface area (Å²) in [6.45, 7) is 6.74. The molecule has 2 heterocycles. The molecule has 1 aromatic heterocycles. The second-order valence-corrected chi connectivity index (χ2v) is 7.37. The predicted octanol–water partition coefficient (Wildman–Crippen LogP) is 2.95. The van der Waals surface area contributed by atoms with Crippen LogP contribution in [-0.4, -0.2) is 51.3 Å². The summed E-state index contributed by atoms with van der Waals surface area (Å²) >= 11 is 0. The highest BCUT2D eigenvalue weighted by Crippen LogP contribution is 2.28. The number of hydrogen-bond donors (Lipinski definition) is 0. The van der Waals surface area contributed by atoms with E-state index in [9.17, 15) is 0 Å². The Hall–Kier alpha value is -1.65. The molecule has 0 aliphatic carbocycles. The summed E-state index contributed by atoms with van der Waals surface area (Å²) in [7, 11) is 4.27. The molecule has 1 aliphatic heterocycles. The molecule has 0 radical (unpaired) electrons. The van der Waals surface area contributed by atoms with E-state index in [2.05, 4.69) is 72.3 Å². The molecule has 0 spiro atoms. The summed E-state index contributed by atoms with van der Waals surface area (Å²) in [4.78, 5) is 5.20. The normalized spacial score (nSPS) is 21.9. The third-order valence-electron chi connectivity index (χ3n) is 5.39. The van der Waals surface area contributed by atoms with Crippen molar-refractivity contribution in [3.63, 3.8) is 0 Å². The van der Waals surface area contributed by atoms with Gasteiger partial charge in [0.1, 0.15) is 0 Å². The van der Waals surface area contributed by atoms with Crippen molar-refractivity contribution >= 4 is 0 Å². The Balaban J connectivity index is 1.78. The van der Waals surface area contributed by atoms with Crippen LogP contribution in [-0.2, 0) is 20.0 Å². The monoisotopic (exact) mass is 326 g/mol. The van der Waals surface area contributed by atoms with Crippen LogP contribution in [0.1, 0.15) is 31.4 Å². The number of aryl methyl sites for hydroxylation is 1. The number of hydrogen-bond acceptors (Lipinski definition) is 3. The van der Waals surface area contributed by atoms with Crippen LogP contribution in [0.15, 0.2) is 42.7 Å². The second kappa shape index (κ2) is 7.49. The van der Waals surface area contributed by atoms with E-state index in [4.69, 9.17) is 0 Å². The maximum Gasteiger partial charge on any atom is 0.0534 e. The van der Waals surface area contributed by atoms with Crippen LogP contribution in [0.3, 0.4) is 0 Å². The van der Waals surface area contributed by atoms with Crippen molar-refractivity contribution < 1.29 is 0 Å². The van der Waals surface area contributed by atoms with Gasteiger partial charge in [-0.25, -0.2) is 0 Å². The molecule has 0 saturated carbocycles. The fourth-order valence-corrected chi connectivity index (χ4v) is 3.86. The van der Waals surface area contributed by atoms with Crippen LogP contribution in [0.2, 0.25) is 0 Å². The van der Waals surface area contributed by atoms with Gasteiger partial charge in [-0.3, -0.25) is 14.5 Å². The standard InChI is InChI=1S/C20H30N4/c1-16(2)23(4)19-10-11-24(15-18-13-21-22(3)14-18)20(19)12-17-8-6-5-7-9-17/h5-9,13-14,16,19-20H,10-12,15H2,1-4H3/t19-,20+/m1/s1. The maximum absolute atomic E-state index is 4.33. The number of nitrogens with zero attached hydrogens (tertiary/aromatic N) is 4. The van der Waals surface area contributed by atoms with Gasteiger partial charge < -0.3 is 0 Å². The highest BCUT2D eigenvalue weighted by Gasteiger charge is 2.37. The van der Waals surface area contributed by atoms with E-state index in [-0.39, 0.29) is 0 Å². The van der Waals surface area contributed by atoms with Crippen molar-refractivity contribution in [1.82, 2.24) is 19.6 Å². The Morgan fingerprint density at radius 3 is 2.58 bits per heavy atom. The highest BCUT2D eigenvalue weighted by molar-refractivity contribution is 5.18. The lowest BCUT2D eigenvalue weighted by Crippen LogP contribution is -2.47. The van der Waals surface area contributed by atoms with Gasteiger partial charge in [-0.15, -0.1) is 0 Å². The third kappa shape index (κ3) is 3.87. The van der Waals surface area contributed by atoms with E-state index < -0.39 is 0 Å². The van der Waals surface area contributed by atoms with Crippen LogP contribution >= 0.6 is 0 Å². The SMILES string of the molecule is CC(C)N(C)[C@@H]1CCN(Cc2cnn(C)c2)[C@H]1Cc1ccccc1. The lowest BCUT2D eigenvalue weighted by atomic mass is 9.98. The van der Waals surface area contributed by atoms with Crippen molar-refractivity contribution in [2.45, 2.75) is 51.4 Å². The lowest BCUT2D eigenvalue weighted by molar-refractivity contribution is 0.135. The zero-order valence-electron chi connectivity index (χ0n) is 15.4. The first-order valence-corrected chi connectivity index (χ1v) is 9.02. The number of aromatic nitrogens is 2. The van der Waals surface area contributed by atoms with Gasteiger partial charge in [0, 0.05) is 50.0 Å². The van der Waals surface area contributed by atoms with E-state index in [1.807, 2.05) is 17.9 Å². The predicted molar refractivity (Wildman–Crippen MR) is 98.9 cm³/mol. The second-order valence-electron chi connectivity index (χ2n) is 7.37. The summed E-state index contributed by atoms with van der Waals surface area (Å²) in [5, 5.41) is 4.33. The van der Waals surface area contributed by atoms with Crippen LogP contribution in [0.4, 0.5) is 0 Å². The van der Waals surface area contributed by atoms with Crippen LogP contribution in [0.5, 0.6) is 0 Å². The molecule has 2 aromatic rings. The molecule has 1 aromatic carbocycles. The molecule has 1 fully saturated rings. The van der Waals surface area contributed by atoms with Crippen molar-refractivity contribution in [1.29, 1.82) is 0 Å².